The fourth-order valence-electron chi connectivity index (χ4n) is 3.93. The maximum absolute atomic E-state index is 13.4. The molecule has 1 fully saturated rings. The van der Waals surface area contributed by atoms with Crippen LogP contribution in [0.3, 0.4) is 0 Å². The Kier molecular flexibility index (Phi) is 6.56. The lowest BCUT2D eigenvalue weighted by atomic mass is 9.86. The maximum Gasteiger partial charge on any atom is 0.350 e. The van der Waals surface area contributed by atoms with Crippen LogP contribution in [0.4, 0.5) is 5.13 Å². The molecule has 0 N–H and O–H groups in total. The van der Waals surface area contributed by atoms with Gasteiger partial charge in [0.25, 0.3) is 5.91 Å². The second kappa shape index (κ2) is 9.56. The lowest BCUT2D eigenvalue weighted by molar-refractivity contribution is -0.135. The number of Topliss-reactive ketones (excluding diaryl/α,β-unsaturated/α-hetero) is 2. The van der Waals surface area contributed by atoms with Crippen molar-refractivity contribution < 1.29 is 28.7 Å². The fraction of sp³-hybridized carbons (Fsp3) is 0.240. The van der Waals surface area contributed by atoms with E-state index in [0.717, 1.165) is 11.3 Å². The number of methoxy groups -OCH3 is 1. The molecule has 0 bridgehead atoms. The number of aromatic nitrogens is 1. The van der Waals surface area contributed by atoms with Crippen molar-refractivity contribution in [1.82, 2.24) is 4.98 Å². The Morgan fingerprint density at radius 1 is 1.06 bits per heavy atom. The Morgan fingerprint density at radius 2 is 1.74 bits per heavy atom. The van der Waals surface area contributed by atoms with Crippen molar-refractivity contribution in [2.45, 2.75) is 19.9 Å². The molecule has 8 nitrogen and oxygen atoms in total. The molecule has 174 valence electrons. The van der Waals surface area contributed by atoms with Crippen molar-refractivity contribution in [2.24, 2.45) is 5.92 Å². The number of hydrogen-bond donors (Lipinski definition) is 0. The number of thiazole rings is 1. The molecule has 1 aliphatic heterocycles. The maximum atomic E-state index is 13.4. The van der Waals surface area contributed by atoms with Gasteiger partial charge < -0.3 is 9.47 Å². The highest BCUT2D eigenvalue weighted by atomic mass is 32.1. The minimum atomic E-state index is -1.27. The zero-order chi connectivity index (χ0) is 24.4. The van der Waals surface area contributed by atoms with Gasteiger partial charge in [0.1, 0.15) is 16.5 Å². The molecule has 0 aliphatic carbocycles. The molecule has 0 saturated carbocycles. The van der Waals surface area contributed by atoms with Crippen LogP contribution in [0.2, 0.25) is 0 Å². The Bertz CT molecular complexity index is 1250. The number of esters is 1. The van der Waals surface area contributed by atoms with E-state index in [2.05, 4.69) is 4.98 Å². The molecule has 1 aliphatic rings. The van der Waals surface area contributed by atoms with Gasteiger partial charge in [-0.1, -0.05) is 53.8 Å². The van der Waals surface area contributed by atoms with Crippen molar-refractivity contribution in [3.8, 4) is 5.75 Å². The van der Waals surface area contributed by atoms with E-state index >= 15 is 0 Å². The second-order valence-corrected chi connectivity index (χ2v) is 8.57. The number of amides is 1. The summed E-state index contributed by atoms with van der Waals surface area (Å²) in [6.45, 7) is 3.51. The number of anilines is 1. The van der Waals surface area contributed by atoms with Gasteiger partial charge in [-0.15, -0.1) is 0 Å². The summed E-state index contributed by atoms with van der Waals surface area (Å²) in [6.07, 6.45) is 0. The highest BCUT2D eigenvalue weighted by Gasteiger charge is 2.53. The number of hydrogen-bond acceptors (Lipinski definition) is 8. The molecule has 34 heavy (non-hydrogen) atoms. The van der Waals surface area contributed by atoms with Crippen LogP contribution >= 0.6 is 11.3 Å². The lowest BCUT2D eigenvalue weighted by Crippen LogP contribution is -2.30. The topological polar surface area (TPSA) is 103 Å². The molecule has 2 aromatic carbocycles. The number of benzene rings is 2. The highest BCUT2D eigenvalue weighted by molar-refractivity contribution is 7.17. The number of carbonyl (C=O) groups excluding carboxylic acids is 4. The molecule has 1 saturated heterocycles. The minimum Gasteiger partial charge on any atom is -0.497 e. The van der Waals surface area contributed by atoms with Gasteiger partial charge in [0.2, 0.25) is 5.78 Å². The van der Waals surface area contributed by atoms with Crippen molar-refractivity contribution in [3.63, 3.8) is 0 Å². The van der Waals surface area contributed by atoms with Crippen LogP contribution in [0, 0.1) is 12.8 Å². The summed E-state index contributed by atoms with van der Waals surface area (Å²) in [7, 11) is 1.53. The normalized spacial score (nSPS) is 17.7. The zero-order valence-electron chi connectivity index (χ0n) is 18.8. The average Bonchev–Trinajstić information content (AvgIpc) is 3.36. The fourth-order valence-corrected chi connectivity index (χ4v) is 4.93. The Morgan fingerprint density at radius 3 is 2.35 bits per heavy atom. The summed E-state index contributed by atoms with van der Waals surface area (Å²) in [5.74, 6) is -3.36. The molecule has 3 aromatic rings. The molecule has 2 atom stereocenters. The van der Waals surface area contributed by atoms with Crippen molar-refractivity contribution in [1.29, 1.82) is 0 Å². The van der Waals surface area contributed by atoms with Gasteiger partial charge >= 0.3 is 5.97 Å². The van der Waals surface area contributed by atoms with E-state index in [1.165, 1.54) is 12.0 Å². The summed E-state index contributed by atoms with van der Waals surface area (Å²) < 4.78 is 10.3. The number of ether oxygens (including phenoxy) is 2. The van der Waals surface area contributed by atoms with E-state index in [9.17, 15) is 19.2 Å². The Hall–Kier alpha value is -3.85. The van der Waals surface area contributed by atoms with Gasteiger partial charge in [0, 0.05) is 5.56 Å². The number of rotatable bonds is 7. The van der Waals surface area contributed by atoms with Crippen LogP contribution in [0.25, 0.3) is 0 Å². The first-order valence-electron chi connectivity index (χ1n) is 10.6. The number of carbonyl (C=O) groups is 4. The van der Waals surface area contributed by atoms with Crippen LogP contribution < -0.4 is 9.64 Å². The quantitative estimate of drug-likeness (QED) is 0.220. The van der Waals surface area contributed by atoms with Gasteiger partial charge in [-0.2, -0.15) is 0 Å². The van der Waals surface area contributed by atoms with Gasteiger partial charge in [-0.05, 0) is 31.5 Å². The standard InChI is InChI=1S/C25H22N2O6S/c1-4-33-24(31)22-14(2)26-25(34-22)27-19(15-10-12-17(32-3)13-11-15)18(21(29)23(27)30)20(28)16-8-6-5-7-9-16/h5-13,18-19H,4H2,1-3H3. The van der Waals surface area contributed by atoms with Crippen LogP contribution in [0.15, 0.2) is 54.6 Å². The van der Waals surface area contributed by atoms with Crippen molar-refractivity contribution in [3.05, 3.63) is 76.3 Å². The summed E-state index contributed by atoms with van der Waals surface area (Å²) in [5, 5.41) is 0.156. The largest absolute Gasteiger partial charge is 0.497 e. The van der Waals surface area contributed by atoms with Gasteiger partial charge in [0.15, 0.2) is 10.9 Å². The minimum absolute atomic E-state index is 0.156. The number of aryl methyl sites for hydroxylation is 1. The monoisotopic (exact) mass is 478 g/mol. The molecular formula is C25H22N2O6S. The van der Waals surface area contributed by atoms with Gasteiger partial charge in [0.05, 0.1) is 25.5 Å². The molecule has 1 aromatic heterocycles. The molecule has 4 rings (SSSR count). The smallest absolute Gasteiger partial charge is 0.350 e. The van der Waals surface area contributed by atoms with E-state index in [0.29, 0.717) is 22.6 Å². The van der Waals surface area contributed by atoms with E-state index in [-0.39, 0.29) is 16.6 Å². The van der Waals surface area contributed by atoms with E-state index in [1.54, 1.807) is 68.4 Å². The van der Waals surface area contributed by atoms with Crippen molar-refractivity contribution >= 4 is 39.9 Å². The van der Waals surface area contributed by atoms with Crippen LogP contribution in [0.5, 0.6) is 5.75 Å². The van der Waals surface area contributed by atoms with Crippen LogP contribution in [-0.4, -0.2) is 42.1 Å². The summed E-state index contributed by atoms with van der Waals surface area (Å²) in [6, 6.07) is 14.3. The first kappa shape index (κ1) is 23.3. The number of ketones is 2. The van der Waals surface area contributed by atoms with Crippen molar-refractivity contribution in [2.75, 3.05) is 18.6 Å². The van der Waals surface area contributed by atoms with Crippen LogP contribution in [-0.2, 0) is 14.3 Å². The summed E-state index contributed by atoms with van der Waals surface area (Å²) in [5.41, 5.74) is 1.28. The molecule has 1 amide bonds. The Labute approximate surface area is 200 Å². The van der Waals surface area contributed by atoms with E-state index in [1.807, 2.05) is 0 Å². The van der Waals surface area contributed by atoms with Crippen LogP contribution in [0.1, 0.15) is 44.3 Å². The number of nitrogens with zero attached hydrogens (tertiary/aromatic N) is 2. The third-order valence-electron chi connectivity index (χ3n) is 5.56. The third kappa shape index (κ3) is 4.10. The molecule has 0 spiro atoms. The third-order valence-corrected chi connectivity index (χ3v) is 6.69. The molecule has 9 heteroatoms. The molecule has 2 unspecified atom stereocenters. The molecule has 2 heterocycles. The van der Waals surface area contributed by atoms with E-state index in [4.69, 9.17) is 9.47 Å². The molecular weight excluding hydrogens is 456 g/mol. The Balaban J connectivity index is 1.83. The zero-order valence-corrected chi connectivity index (χ0v) is 19.6. The second-order valence-electron chi connectivity index (χ2n) is 7.60. The summed E-state index contributed by atoms with van der Waals surface area (Å²) >= 11 is 0.957. The molecule has 0 radical (unpaired) electrons. The summed E-state index contributed by atoms with van der Waals surface area (Å²) in [4.78, 5) is 58.0. The predicted molar refractivity (Wildman–Crippen MR) is 125 cm³/mol. The highest BCUT2D eigenvalue weighted by Crippen LogP contribution is 2.43. The lowest BCUT2D eigenvalue weighted by Gasteiger charge is -2.25. The predicted octanol–water partition coefficient (Wildman–Crippen LogP) is 3.79. The SMILES string of the molecule is CCOC(=O)c1sc(N2C(=O)C(=O)C(C(=O)c3ccccc3)C2c2ccc(OC)cc2)nc1C. The van der Waals surface area contributed by atoms with E-state index < -0.39 is 35.4 Å². The first-order valence-corrected chi connectivity index (χ1v) is 11.4. The van der Waals surface area contributed by atoms with Gasteiger partial charge in [-0.3, -0.25) is 19.3 Å². The van der Waals surface area contributed by atoms with Gasteiger partial charge in [-0.25, -0.2) is 9.78 Å². The first-order chi connectivity index (χ1) is 16.4. The average molecular weight is 479 g/mol.